The molecule has 0 aliphatic rings. The highest BCUT2D eigenvalue weighted by Crippen LogP contribution is 2.25. The Morgan fingerprint density at radius 2 is 1.58 bits per heavy atom. The first-order valence-corrected chi connectivity index (χ1v) is 8.14. The quantitative estimate of drug-likeness (QED) is 0.527. The van der Waals surface area contributed by atoms with Gasteiger partial charge in [-0.15, -0.1) is 0 Å². The molecule has 0 atom stereocenters. The highest BCUT2D eigenvalue weighted by atomic mass is 19.1. The van der Waals surface area contributed by atoms with Crippen molar-refractivity contribution >= 4 is 0 Å². The summed E-state index contributed by atoms with van der Waals surface area (Å²) in [5, 5.41) is 0. The lowest BCUT2D eigenvalue weighted by Crippen LogP contribution is -1.90. The van der Waals surface area contributed by atoms with E-state index in [1.165, 1.54) is 0 Å². The van der Waals surface area contributed by atoms with Gasteiger partial charge in [-0.2, -0.15) is 0 Å². The van der Waals surface area contributed by atoms with E-state index in [0.717, 1.165) is 34.2 Å². The van der Waals surface area contributed by atoms with Crippen molar-refractivity contribution in [3.05, 3.63) is 94.8 Å². The summed E-state index contributed by atoms with van der Waals surface area (Å²) in [6, 6.07) is 21.6. The van der Waals surface area contributed by atoms with Crippen LogP contribution in [0.25, 0.3) is 11.1 Å². The summed E-state index contributed by atoms with van der Waals surface area (Å²) in [5.41, 5.74) is 5.79. The van der Waals surface area contributed by atoms with E-state index < -0.39 is 0 Å². The lowest BCUT2D eigenvalue weighted by Gasteiger charge is -2.07. The fraction of sp³-hybridized carbons (Fsp3) is 0.130. The van der Waals surface area contributed by atoms with Crippen molar-refractivity contribution in [1.29, 1.82) is 0 Å². The molecule has 0 radical (unpaired) electrons. The smallest absolute Gasteiger partial charge is 0.139 e. The van der Waals surface area contributed by atoms with Gasteiger partial charge in [0.15, 0.2) is 0 Å². The van der Waals surface area contributed by atoms with Crippen LogP contribution in [0.15, 0.2) is 66.7 Å². The molecule has 1 heteroatoms. The molecule has 0 saturated carbocycles. The molecule has 0 amide bonds. The van der Waals surface area contributed by atoms with E-state index in [1.807, 2.05) is 43.3 Å². The lowest BCUT2D eigenvalue weighted by molar-refractivity contribution is 0.622. The molecule has 3 aromatic carbocycles. The first-order valence-electron chi connectivity index (χ1n) is 8.14. The monoisotopic (exact) mass is 314 g/mol. The molecule has 0 nitrogen and oxygen atoms in total. The summed E-state index contributed by atoms with van der Waals surface area (Å²) in [4.78, 5) is 0. The van der Waals surface area contributed by atoms with Gasteiger partial charge < -0.3 is 0 Å². The molecule has 0 N–H and O–H groups in total. The average Bonchev–Trinajstić information content (AvgIpc) is 2.62. The zero-order valence-corrected chi connectivity index (χ0v) is 13.9. The Bertz CT molecular complexity index is 912. The molecular weight excluding hydrogens is 295 g/mol. The van der Waals surface area contributed by atoms with E-state index in [2.05, 4.69) is 37.0 Å². The maximum absolute atomic E-state index is 14.1. The Kier molecular flexibility index (Phi) is 4.77. The van der Waals surface area contributed by atoms with Crippen molar-refractivity contribution in [3.8, 4) is 23.0 Å². The van der Waals surface area contributed by atoms with E-state index in [-0.39, 0.29) is 5.82 Å². The third-order valence-corrected chi connectivity index (χ3v) is 4.19. The van der Waals surface area contributed by atoms with Crippen LogP contribution in [0.2, 0.25) is 0 Å². The Labute approximate surface area is 143 Å². The molecule has 0 saturated heterocycles. The Balaban J connectivity index is 1.98. The van der Waals surface area contributed by atoms with Crippen LogP contribution in [0.5, 0.6) is 0 Å². The zero-order valence-electron chi connectivity index (χ0n) is 13.9. The van der Waals surface area contributed by atoms with Crippen LogP contribution in [0.4, 0.5) is 4.39 Å². The van der Waals surface area contributed by atoms with E-state index >= 15 is 0 Å². The topological polar surface area (TPSA) is 0 Å². The summed E-state index contributed by atoms with van der Waals surface area (Å²) >= 11 is 0. The molecule has 0 fully saturated rings. The molecular formula is C23H19F. The first kappa shape index (κ1) is 16.0. The van der Waals surface area contributed by atoms with Gasteiger partial charge in [0.2, 0.25) is 0 Å². The second kappa shape index (κ2) is 7.15. The second-order valence-electron chi connectivity index (χ2n) is 5.76. The Hall–Kier alpha value is -2.85. The predicted octanol–water partition coefficient (Wildman–Crippen LogP) is 5.76. The van der Waals surface area contributed by atoms with Crippen LogP contribution in [-0.2, 0) is 6.42 Å². The second-order valence-corrected chi connectivity index (χ2v) is 5.76. The summed E-state index contributed by atoms with van der Waals surface area (Å²) in [6.07, 6.45) is 0.822. The molecule has 3 aromatic rings. The van der Waals surface area contributed by atoms with Crippen LogP contribution in [0.3, 0.4) is 0 Å². The maximum atomic E-state index is 14.1. The number of rotatable bonds is 2. The normalized spacial score (nSPS) is 10.1. The van der Waals surface area contributed by atoms with Crippen LogP contribution in [0, 0.1) is 24.6 Å². The van der Waals surface area contributed by atoms with Crippen molar-refractivity contribution in [3.63, 3.8) is 0 Å². The van der Waals surface area contributed by atoms with E-state index in [0.29, 0.717) is 5.56 Å². The Morgan fingerprint density at radius 3 is 2.29 bits per heavy atom. The summed E-state index contributed by atoms with van der Waals surface area (Å²) in [7, 11) is 0. The third kappa shape index (κ3) is 3.39. The van der Waals surface area contributed by atoms with Gasteiger partial charge >= 0.3 is 0 Å². The summed E-state index contributed by atoms with van der Waals surface area (Å²) in [6.45, 7) is 4.07. The van der Waals surface area contributed by atoms with Gasteiger partial charge in [0.05, 0.1) is 5.56 Å². The van der Waals surface area contributed by atoms with Crippen molar-refractivity contribution < 1.29 is 4.39 Å². The molecule has 0 aromatic heterocycles. The number of hydrogen-bond acceptors (Lipinski definition) is 0. The van der Waals surface area contributed by atoms with Crippen LogP contribution < -0.4 is 0 Å². The molecule has 0 unspecified atom stereocenters. The minimum absolute atomic E-state index is 0.251. The number of hydrogen-bond donors (Lipinski definition) is 0. The van der Waals surface area contributed by atoms with E-state index in [9.17, 15) is 4.39 Å². The number of benzene rings is 3. The standard InChI is InChI=1S/C23H19F/c1-3-18-12-13-21(23(24)16-18)15-14-19-10-7-11-22(17(19)2)20-8-5-4-6-9-20/h4-13,16H,3H2,1-2H3. The van der Waals surface area contributed by atoms with Crippen molar-refractivity contribution in [2.45, 2.75) is 20.3 Å². The highest BCUT2D eigenvalue weighted by molar-refractivity contribution is 5.70. The molecule has 3 rings (SSSR count). The van der Waals surface area contributed by atoms with Gasteiger partial charge in [-0.3, -0.25) is 0 Å². The first-order chi connectivity index (χ1) is 11.7. The van der Waals surface area contributed by atoms with Gasteiger partial charge in [-0.25, -0.2) is 4.39 Å². The average molecular weight is 314 g/mol. The largest absolute Gasteiger partial charge is 0.206 e. The molecule has 0 spiro atoms. The van der Waals surface area contributed by atoms with Gasteiger partial charge in [-0.1, -0.05) is 67.3 Å². The lowest BCUT2D eigenvalue weighted by atomic mass is 9.96. The zero-order chi connectivity index (χ0) is 16.9. The number of halogens is 1. The molecule has 0 aliphatic carbocycles. The molecule has 0 heterocycles. The van der Waals surface area contributed by atoms with E-state index in [4.69, 9.17) is 0 Å². The summed E-state index contributed by atoms with van der Waals surface area (Å²) in [5.74, 6) is 5.85. The molecule has 24 heavy (non-hydrogen) atoms. The minimum Gasteiger partial charge on any atom is -0.206 e. The predicted molar refractivity (Wildman–Crippen MR) is 98.4 cm³/mol. The van der Waals surface area contributed by atoms with Crippen molar-refractivity contribution in [2.75, 3.05) is 0 Å². The number of aryl methyl sites for hydroxylation is 1. The fourth-order valence-electron chi connectivity index (χ4n) is 2.72. The van der Waals surface area contributed by atoms with E-state index in [1.54, 1.807) is 12.1 Å². The minimum atomic E-state index is -0.251. The van der Waals surface area contributed by atoms with Crippen LogP contribution in [0.1, 0.15) is 29.2 Å². The molecule has 0 bridgehead atoms. The molecule has 118 valence electrons. The Morgan fingerprint density at radius 1 is 0.833 bits per heavy atom. The van der Waals surface area contributed by atoms with Crippen molar-refractivity contribution in [2.24, 2.45) is 0 Å². The SMILES string of the molecule is CCc1ccc(C#Cc2cccc(-c3ccccc3)c2C)c(F)c1. The van der Waals surface area contributed by atoms with Gasteiger partial charge in [-0.05, 0) is 53.8 Å². The summed E-state index contributed by atoms with van der Waals surface area (Å²) < 4.78 is 14.1. The molecule has 0 aliphatic heterocycles. The van der Waals surface area contributed by atoms with Crippen LogP contribution >= 0.6 is 0 Å². The fourth-order valence-corrected chi connectivity index (χ4v) is 2.72. The maximum Gasteiger partial charge on any atom is 0.139 e. The third-order valence-electron chi connectivity index (χ3n) is 4.19. The van der Waals surface area contributed by atoms with Crippen molar-refractivity contribution in [1.82, 2.24) is 0 Å². The van der Waals surface area contributed by atoms with Gasteiger partial charge in [0, 0.05) is 5.56 Å². The van der Waals surface area contributed by atoms with Gasteiger partial charge in [0.25, 0.3) is 0 Å². The van der Waals surface area contributed by atoms with Gasteiger partial charge in [0.1, 0.15) is 5.82 Å². The van der Waals surface area contributed by atoms with Crippen LogP contribution in [-0.4, -0.2) is 0 Å². The highest BCUT2D eigenvalue weighted by Gasteiger charge is 2.05.